The van der Waals surface area contributed by atoms with E-state index in [-0.39, 0.29) is 0 Å². The van der Waals surface area contributed by atoms with Crippen LogP contribution in [-0.2, 0) is 6.61 Å². The van der Waals surface area contributed by atoms with Crippen LogP contribution in [0.1, 0.15) is 17.0 Å². The van der Waals surface area contributed by atoms with Crippen molar-refractivity contribution in [3.05, 3.63) is 46.6 Å². The zero-order chi connectivity index (χ0) is 14.1. The predicted molar refractivity (Wildman–Crippen MR) is 82.1 cm³/mol. The summed E-state index contributed by atoms with van der Waals surface area (Å²) >= 11 is 1.56. The van der Waals surface area contributed by atoms with E-state index < -0.39 is 0 Å². The Morgan fingerprint density at radius 3 is 2.65 bits per heavy atom. The zero-order valence-electron chi connectivity index (χ0n) is 11.4. The van der Waals surface area contributed by atoms with Gasteiger partial charge in [-0.2, -0.15) is 0 Å². The van der Waals surface area contributed by atoms with Crippen molar-refractivity contribution in [2.75, 3.05) is 5.73 Å². The number of rotatable bonds is 3. The fourth-order valence-electron chi connectivity index (χ4n) is 2.15. The molecule has 0 bridgehead atoms. The molecule has 0 saturated heterocycles. The molecule has 2 aromatic heterocycles. The lowest BCUT2D eigenvalue weighted by molar-refractivity contribution is 0.296. The van der Waals surface area contributed by atoms with Crippen LogP contribution in [-0.4, -0.2) is 9.97 Å². The molecule has 3 rings (SSSR count). The van der Waals surface area contributed by atoms with Crippen molar-refractivity contribution in [3.8, 4) is 5.75 Å². The summed E-state index contributed by atoms with van der Waals surface area (Å²) in [6, 6.07) is 8.04. The molecule has 0 aliphatic heterocycles. The van der Waals surface area contributed by atoms with Crippen LogP contribution < -0.4 is 10.5 Å². The lowest BCUT2D eigenvalue weighted by atomic mass is 10.1. The second-order valence-corrected chi connectivity index (χ2v) is 5.67. The maximum atomic E-state index is 5.92. The number of aryl methyl sites for hydroxylation is 2. The Labute approximate surface area is 121 Å². The molecule has 0 unspecified atom stereocenters. The number of anilines is 1. The number of fused-ring (bicyclic) bond motifs is 1. The van der Waals surface area contributed by atoms with Gasteiger partial charge in [0.25, 0.3) is 0 Å². The molecular weight excluding hydrogens is 270 g/mol. The highest BCUT2D eigenvalue weighted by Gasteiger charge is 2.07. The quantitative estimate of drug-likeness (QED) is 0.800. The summed E-state index contributed by atoms with van der Waals surface area (Å²) in [6.07, 6.45) is 0. The summed E-state index contributed by atoms with van der Waals surface area (Å²) in [4.78, 5) is 9.64. The van der Waals surface area contributed by atoms with E-state index >= 15 is 0 Å². The molecule has 102 valence electrons. The Hall–Kier alpha value is -2.14. The average molecular weight is 285 g/mol. The van der Waals surface area contributed by atoms with Crippen LogP contribution in [0.15, 0.2) is 29.6 Å². The Balaban J connectivity index is 1.82. The number of nitrogens with two attached hydrogens (primary N) is 1. The SMILES string of the molecule is Cc1cc(C)cc(OCc2nc(N)c3ccsc3n2)c1. The van der Waals surface area contributed by atoms with Gasteiger partial charge in [-0.05, 0) is 48.6 Å². The highest BCUT2D eigenvalue weighted by atomic mass is 32.1. The predicted octanol–water partition coefficient (Wildman–Crippen LogP) is 3.47. The minimum absolute atomic E-state index is 0.320. The van der Waals surface area contributed by atoms with Gasteiger partial charge in [-0.1, -0.05) is 6.07 Å². The van der Waals surface area contributed by atoms with E-state index in [1.165, 1.54) is 11.1 Å². The molecule has 2 heterocycles. The van der Waals surface area contributed by atoms with E-state index in [1.54, 1.807) is 11.3 Å². The summed E-state index contributed by atoms with van der Waals surface area (Å²) in [6.45, 7) is 4.42. The van der Waals surface area contributed by atoms with Gasteiger partial charge >= 0.3 is 0 Å². The molecule has 4 nitrogen and oxygen atoms in total. The molecule has 0 fully saturated rings. The van der Waals surface area contributed by atoms with E-state index in [0.717, 1.165) is 16.0 Å². The molecule has 0 aliphatic carbocycles. The third kappa shape index (κ3) is 2.58. The lowest BCUT2D eigenvalue weighted by Gasteiger charge is -2.08. The van der Waals surface area contributed by atoms with E-state index in [9.17, 15) is 0 Å². The molecule has 0 saturated carbocycles. The normalized spacial score (nSPS) is 10.9. The second kappa shape index (κ2) is 5.09. The molecule has 0 aliphatic rings. The van der Waals surface area contributed by atoms with Gasteiger partial charge < -0.3 is 10.5 Å². The molecule has 20 heavy (non-hydrogen) atoms. The highest BCUT2D eigenvalue weighted by molar-refractivity contribution is 7.16. The van der Waals surface area contributed by atoms with Crippen LogP contribution in [0.25, 0.3) is 10.2 Å². The van der Waals surface area contributed by atoms with Gasteiger partial charge in [0.2, 0.25) is 0 Å². The zero-order valence-corrected chi connectivity index (χ0v) is 12.2. The largest absolute Gasteiger partial charge is 0.486 e. The number of hydrogen-bond acceptors (Lipinski definition) is 5. The first-order valence-electron chi connectivity index (χ1n) is 6.32. The van der Waals surface area contributed by atoms with E-state index in [1.807, 2.05) is 37.4 Å². The first kappa shape index (κ1) is 12.9. The van der Waals surface area contributed by atoms with Crippen LogP contribution >= 0.6 is 11.3 Å². The first-order chi connectivity index (χ1) is 9.61. The van der Waals surface area contributed by atoms with Crippen LogP contribution in [0.4, 0.5) is 5.82 Å². The fraction of sp³-hybridized carbons (Fsp3) is 0.200. The van der Waals surface area contributed by atoms with Crippen LogP contribution in [0.2, 0.25) is 0 Å². The Morgan fingerprint density at radius 2 is 1.90 bits per heavy atom. The monoisotopic (exact) mass is 285 g/mol. The topological polar surface area (TPSA) is 61.0 Å². The highest BCUT2D eigenvalue weighted by Crippen LogP contribution is 2.23. The number of hydrogen-bond donors (Lipinski definition) is 1. The molecule has 0 amide bonds. The Bertz CT molecular complexity index is 747. The maximum Gasteiger partial charge on any atom is 0.169 e. The second-order valence-electron chi connectivity index (χ2n) is 4.78. The number of benzene rings is 1. The van der Waals surface area contributed by atoms with Crippen LogP contribution in [0.3, 0.4) is 0 Å². The number of nitrogen functional groups attached to an aromatic ring is 1. The molecule has 2 N–H and O–H groups in total. The summed E-state index contributed by atoms with van der Waals surface area (Å²) in [5, 5.41) is 2.87. The molecule has 0 radical (unpaired) electrons. The van der Waals surface area contributed by atoms with E-state index in [4.69, 9.17) is 10.5 Å². The minimum atomic E-state index is 0.320. The molecule has 3 aromatic rings. The fourth-order valence-corrected chi connectivity index (χ4v) is 2.94. The van der Waals surface area contributed by atoms with Gasteiger partial charge in [0, 0.05) is 0 Å². The van der Waals surface area contributed by atoms with Crippen molar-refractivity contribution in [1.82, 2.24) is 9.97 Å². The van der Waals surface area contributed by atoms with Gasteiger partial charge in [-0.15, -0.1) is 11.3 Å². The molecule has 0 atom stereocenters. The van der Waals surface area contributed by atoms with Crippen molar-refractivity contribution in [2.24, 2.45) is 0 Å². The van der Waals surface area contributed by atoms with Crippen LogP contribution in [0, 0.1) is 13.8 Å². The van der Waals surface area contributed by atoms with Crippen molar-refractivity contribution in [2.45, 2.75) is 20.5 Å². The minimum Gasteiger partial charge on any atom is -0.486 e. The third-order valence-corrected chi connectivity index (χ3v) is 3.77. The number of thiophene rings is 1. The lowest BCUT2D eigenvalue weighted by Crippen LogP contribution is -2.04. The summed E-state index contributed by atoms with van der Waals surface area (Å²) in [5.41, 5.74) is 8.27. The molecule has 5 heteroatoms. The first-order valence-corrected chi connectivity index (χ1v) is 7.20. The third-order valence-electron chi connectivity index (χ3n) is 2.96. The van der Waals surface area contributed by atoms with Gasteiger partial charge in [-0.25, -0.2) is 9.97 Å². The van der Waals surface area contributed by atoms with Crippen molar-refractivity contribution in [1.29, 1.82) is 0 Å². The number of ether oxygens (including phenoxy) is 1. The van der Waals surface area contributed by atoms with E-state index in [0.29, 0.717) is 18.2 Å². The summed E-state index contributed by atoms with van der Waals surface area (Å²) < 4.78 is 5.76. The molecule has 1 aromatic carbocycles. The number of aromatic nitrogens is 2. The van der Waals surface area contributed by atoms with Gasteiger partial charge in [0.1, 0.15) is 23.0 Å². The van der Waals surface area contributed by atoms with Gasteiger partial charge in [0.15, 0.2) is 5.82 Å². The van der Waals surface area contributed by atoms with E-state index in [2.05, 4.69) is 16.0 Å². The van der Waals surface area contributed by atoms with Crippen molar-refractivity contribution >= 4 is 27.4 Å². The van der Waals surface area contributed by atoms with Crippen molar-refractivity contribution in [3.63, 3.8) is 0 Å². The summed E-state index contributed by atoms with van der Waals surface area (Å²) in [5.74, 6) is 1.95. The average Bonchev–Trinajstić information content (AvgIpc) is 2.84. The van der Waals surface area contributed by atoms with Gasteiger partial charge in [-0.3, -0.25) is 0 Å². The van der Waals surface area contributed by atoms with Crippen molar-refractivity contribution < 1.29 is 4.74 Å². The Kier molecular flexibility index (Phi) is 3.28. The molecular formula is C15H15N3OS. The maximum absolute atomic E-state index is 5.92. The van der Waals surface area contributed by atoms with Crippen LogP contribution in [0.5, 0.6) is 5.75 Å². The molecule has 0 spiro atoms. The smallest absolute Gasteiger partial charge is 0.169 e. The van der Waals surface area contributed by atoms with Gasteiger partial charge in [0.05, 0.1) is 5.39 Å². The standard InChI is InChI=1S/C15H15N3OS/c1-9-5-10(2)7-11(6-9)19-8-13-17-14(16)12-3-4-20-15(12)18-13/h3-7H,8H2,1-2H3,(H2,16,17,18). The Morgan fingerprint density at radius 1 is 1.15 bits per heavy atom. The number of nitrogens with zero attached hydrogens (tertiary/aromatic N) is 2. The summed E-state index contributed by atoms with van der Waals surface area (Å²) in [7, 11) is 0.